The van der Waals surface area contributed by atoms with E-state index in [1.165, 1.54) is 11.1 Å². The molecule has 1 aromatic heterocycles. The van der Waals surface area contributed by atoms with Gasteiger partial charge in [-0.2, -0.15) is 0 Å². The lowest BCUT2D eigenvalue weighted by atomic mass is 9.91. The van der Waals surface area contributed by atoms with E-state index in [0.717, 1.165) is 41.5 Å². The molecule has 1 atom stereocenters. The van der Waals surface area contributed by atoms with E-state index in [1.54, 1.807) is 4.90 Å². The number of nitrogens with zero attached hydrogens (tertiary/aromatic N) is 3. The molecule has 0 spiro atoms. The number of piperidine rings is 1. The number of carbonyl (C=O) groups excluding carboxylic acids is 3. The van der Waals surface area contributed by atoms with Gasteiger partial charge < -0.3 is 4.90 Å². The molecule has 2 fully saturated rings. The standard InChI is InChI=1S/C28H25ClN4O3/c29-22-3-1-2-18(12-22)21-14-32(15-21)13-17-8-9-30-24(10-17)19-4-5-23-20(11-19)16-33(28(23)36)25-6-7-26(34)31-27(25)35/h1-5,8-12,21,25H,6-7,13-16H2,(H,31,34,35). The summed E-state index contributed by atoms with van der Waals surface area (Å²) >= 11 is 6.14. The first kappa shape index (κ1) is 22.9. The lowest BCUT2D eigenvalue weighted by Gasteiger charge is -2.39. The number of hydrogen-bond acceptors (Lipinski definition) is 5. The minimum Gasteiger partial charge on any atom is -0.322 e. The van der Waals surface area contributed by atoms with Crippen LogP contribution in [0.4, 0.5) is 0 Å². The van der Waals surface area contributed by atoms with Gasteiger partial charge in [0.25, 0.3) is 5.91 Å². The SMILES string of the molecule is O=C1CCC(N2Cc3cc(-c4cc(CN5CC(c6cccc(Cl)c6)C5)ccn4)ccc3C2=O)C(=O)N1. The third-order valence-electron chi connectivity index (χ3n) is 7.33. The zero-order valence-corrected chi connectivity index (χ0v) is 20.4. The number of nitrogens with one attached hydrogen (secondary N) is 1. The fraction of sp³-hybridized carbons (Fsp3) is 0.286. The summed E-state index contributed by atoms with van der Waals surface area (Å²) in [7, 11) is 0. The quantitative estimate of drug-likeness (QED) is 0.539. The van der Waals surface area contributed by atoms with Crippen molar-refractivity contribution in [1.29, 1.82) is 0 Å². The fourth-order valence-electron chi connectivity index (χ4n) is 5.39. The van der Waals surface area contributed by atoms with E-state index in [4.69, 9.17) is 11.6 Å². The van der Waals surface area contributed by atoms with Crippen molar-refractivity contribution < 1.29 is 14.4 Å². The Morgan fingerprint density at radius 3 is 2.69 bits per heavy atom. The van der Waals surface area contributed by atoms with Gasteiger partial charge in [-0.05, 0) is 59.5 Å². The van der Waals surface area contributed by atoms with E-state index in [0.29, 0.717) is 24.4 Å². The van der Waals surface area contributed by atoms with Crippen molar-refractivity contribution in [3.8, 4) is 11.3 Å². The molecule has 2 aromatic carbocycles. The molecule has 3 aliphatic heterocycles. The van der Waals surface area contributed by atoms with Crippen LogP contribution < -0.4 is 5.32 Å². The van der Waals surface area contributed by atoms with Crippen LogP contribution in [0.2, 0.25) is 5.02 Å². The summed E-state index contributed by atoms with van der Waals surface area (Å²) in [5.74, 6) is -0.344. The number of carbonyl (C=O) groups is 3. The molecule has 3 aromatic rings. The number of hydrogen-bond donors (Lipinski definition) is 1. The van der Waals surface area contributed by atoms with Gasteiger partial charge in [0.2, 0.25) is 11.8 Å². The number of rotatable bonds is 5. The molecule has 182 valence electrons. The number of imide groups is 1. The van der Waals surface area contributed by atoms with E-state index in [9.17, 15) is 14.4 Å². The third kappa shape index (κ3) is 4.29. The van der Waals surface area contributed by atoms with Crippen LogP contribution in [0.1, 0.15) is 45.8 Å². The van der Waals surface area contributed by atoms with E-state index < -0.39 is 11.9 Å². The van der Waals surface area contributed by atoms with E-state index in [1.807, 2.05) is 48.7 Å². The van der Waals surface area contributed by atoms with Crippen LogP contribution in [0, 0.1) is 0 Å². The molecule has 0 bridgehead atoms. The Hall–Kier alpha value is -3.55. The Balaban J connectivity index is 1.14. The predicted molar refractivity (Wildman–Crippen MR) is 135 cm³/mol. The lowest BCUT2D eigenvalue weighted by Crippen LogP contribution is -2.52. The number of halogens is 1. The summed E-state index contributed by atoms with van der Waals surface area (Å²) in [6.45, 7) is 3.19. The normalized spacial score (nSPS) is 20.3. The number of pyridine rings is 1. The first-order valence-electron chi connectivity index (χ1n) is 12.2. The first-order valence-corrected chi connectivity index (χ1v) is 12.5. The Morgan fingerprint density at radius 1 is 1.03 bits per heavy atom. The second-order valence-corrected chi connectivity index (χ2v) is 10.2. The number of likely N-dealkylation sites (tertiary alicyclic amines) is 1. The predicted octanol–water partition coefficient (Wildman–Crippen LogP) is 3.76. The smallest absolute Gasteiger partial charge is 0.255 e. The molecule has 6 rings (SSSR count). The second-order valence-electron chi connectivity index (χ2n) is 9.77. The molecule has 0 aliphatic carbocycles. The first-order chi connectivity index (χ1) is 17.4. The Bertz CT molecular complexity index is 1380. The van der Waals surface area contributed by atoms with Crippen molar-refractivity contribution in [2.24, 2.45) is 0 Å². The maximum absolute atomic E-state index is 13.0. The minimum atomic E-state index is -0.611. The van der Waals surface area contributed by atoms with Crippen LogP contribution in [-0.2, 0) is 22.7 Å². The molecule has 36 heavy (non-hydrogen) atoms. The molecule has 1 unspecified atom stereocenters. The maximum Gasteiger partial charge on any atom is 0.255 e. The fourth-order valence-corrected chi connectivity index (χ4v) is 5.59. The summed E-state index contributed by atoms with van der Waals surface area (Å²) in [6, 6.07) is 17.3. The molecular formula is C28H25ClN4O3. The molecule has 0 radical (unpaired) electrons. The molecule has 1 N–H and O–H groups in total. The highest BCUT2D eigenvalue weighted by Crippen LogP contribution is 2.32. The Morgan fingerprint density at radius 2 is 1.89 bits per heavy atom. The molecule has 3 aliphatic rings. The Labute approximate surface area is 214 Å². The molecule has 7 nitrogen and oxygen atoms in total. The van der Waals surface area contributed by atoms with Gasteiger partial charge in [0.1, 0.15) is 6.04 Å². The summed E-state index contributed by atoms with van der Waals surface area (Å²) < 4.78 is 0. The van der Waals surface area contributed by atoms with Gasteiger partial charge >= 0.3 is 0 Å². The summed E-state index contributed by atoms with van der Waals surface area (Å²) in [4.78, 5) is 45.3. The summed E-state index contributed by atoms with van der Waals surface area (Å²) in [5.41, 5.74) is 5.75. The number of benzene rings is 2. The number of amides is 3. The van der Waals surface area contributed by atoms with Crippen LogP contribution in [0.5, 0.6) is 0 Å². The van der Waals surface area contributed by atoms with Crippen molar-refractivity contribution in [3.63, 3.8) is 0 Å². The van der Waals surface area contributed by atoms with Crippen molar-refractivity contribution in [1.82, 2.24) is 20.1 Å². The van der Waals surface area contributed by atoms with Crippen LogP contribution in [-0.4, -0.2) is 51.6 Å². The van der Waals surface area contributed by atoms with Crippen LogP contribution in [0.3, 0.4) is 0 Å². The topological polar surface area (TPSA) is 82.6 Å². The van der Waals surface area contributed by atoms with Crippen molar-refractivity contribution >= 4 is 29.3 Å². The van der Waals surface area contributed by atoms with E-state index in [-0.39, 0.29) is 18.2 Å². The van der Waals surface area contributed by atoms with Gasteiger partial charge in [0.15, 0.2) is 0 Å². The summed E-state index contributed by atoms with van der Waals surface area (Å²) in [6.07, 6.45) is 2.43. The minimum absolute atomic E-state index is 0.167. The van der Waals surface area contributed by atoms with Gasteiger partial charge in [-0.3, -0.25) is 29.6 Å². The Kier molecular flexibility index (Phi) is 5.82. The van der Waals surface area contributed by atoms with Crippen molar-refractivity contribution in [2.45, 2.75) is 37.9 Å². The van der Waals surface area contributed by atoms with Crippen molar-refractivity contribution in [2.75, 3.05) is 13.1 Å². The highest BCUT2D eigenvalue weighted by atomic mass is 35.5. The molecular weight excluding hydrogens is 476 g/mol. The largest absolute Gasteiger partial charge is 0.322 e. The highest BCUT2D eigenvalue weighted by molar-refractivity contribution is 6.30. The molecule has 2 saturated heterocycles. The number of fused-ring (bicyclic) bond motifs is 1. The average Bonchev–Trinajstić information content (AvgIpc) is 3.17. The number of aromatic nitrogens is 1. The average molecular weight is 501 g/mol. The molecule has 4 heterocycles. The molecule has 3 amide bonds. The molecule has 0 saturated carbocycles. The van der Waals surface area contributed by atoms with E-state index in [2.05, 4.69) is 27.3 Å². The maximum atomic E-state index is 13.0. The van der Waals surface area contributed by atoms with Gasteiger partial charge in [0.05, 0.1) is 5.69 Å². The zero-order valence-electron chi connectivity index (χ0n) is 19.6. The van der Waals surface area contributed by atoms with Gasteiger partial charge in [-0.25, -0.2) is 0 Å². The van der Waals surface area contributed by atoms with Crippen LogP contribution in [0.25, 0.3) is 11.3 Å². The zero-order chi connectivity index (χ0) is 24.8. The van der Waals surface area contributed by atoms with E-state index >= 15 is 0 Å². The summed E-state index contributed by atoms with van der Waals surface area (Å²) in [5, 5.41) is 3.12. The highest BCUT2D eigenvalue weighted by Gasteiger charge is 2.39. The van der Waals surface area contributed by atoms with Gasteiger partial charge in [-0.1, -0.05) is 29.8 Å². The van der Waals surface area contributed by atoms with Crippen LogP contribution >= 0.6 is 11.6 Å². The van der Waals surface area contributed by atoms with Crippen LogP contribution in [0.15, 0.2) is 60.8 Å². The molecule has 8 heteroatoms. The monoisotopic (exact) mass is 500 g/mol. The van der Waals surface area contributed by atoms with Crippen molar-refractivity contribution in [3.05, 3.63) is 88.1 Å². The third-order valence-corrected chi connectivity index (χ3v) is 7.56. The second kappa shape index (κ2) is 9.15. The lowest BCUT2D eigenvalue weighted by molar-refractivity contribution is -0.136. The van der Waals surface area contributed by atoms with Gasteiger partial charge in [0, 0.05) is 60.9 Å². The van der Waals surface area contributed by atoms with Gasteiger partial charge in [-0.15, -0.1) is 0 Å².